The Morgan fingerprint density at radius 3 is 2.73 bits per heavy atom. The van der Waals surface area contributed by atoms with Crippen LogP contribution in [0.5, 0.6) is 0 Å². The highest BCUT2D eigenvalue weighted by Crippen LogP contribution is 2.06. The molecular formula is C16H16FN3O2. The van der Waals surface area contributed by atoms with Gasteiger partial charge in [0.05, 0.1) is 0 Å². The number of aromatic nitrogens is 2. The molecule has 1 aromatic heterocycles. The van der Waals surface area contributed by atoms with Gasteiger partial charge in [-0.05, 0) is 37.5 Å². The minimum absolute atomic E-state index is 0.0489. The molecule has 1 aromatic carbocycles. The second-order valence-electron chi connectivity index (χ2n) is 4.91. The van der Waals surface area contributed by atoms with Crippen LogP contribution in [0, 0.1) is 17.1 Å². The maximum atomic E-state index is 13.1. The van der Waals surface area contributed by atoms with E-state index in [9.17, 15) is 14.0 Å². The second kappa shape index (κ2) is 6.85. The lowest BCUT2D eigenvalue weighted by atomic mass is 10.1. The third-order valence-corrected chi connectivity index (χ3v) is 3.43. The molecule has 0 radical (unpaired) electrons. The first kappa shape index (κ1) is 15.7. The smallest absolute Gasteiger partial charge is 0.299 e. The van der Waals surface area contributed by atoms with Gasteiger partial charge in [-0.3, -0.25) is 13.9 Å². The average Bonchev–Trinajstić information content (AvgIpc) is 2.51. The molecule has 2 rings (SSSR count). The van der Waals surface area contributed by atoms with E-state index in [0.29, 0.717) is 19.4 Å². The summed E-state index contributed by atoms with van der Waals surface area (Å²) in [7, 11) is 0. The van der Waals surface area contributed by atoms with E-state index in [2.05, 4.69) is 0 Å². The van der Waals surface area contributed by atoms with Crippen molar-refractivity contribution in [3.8, 4) is 6.07 Å². The number of nitrogens with zero attached hydrogens (tertiary/aromatic N) is 3. The maximum Gasteiger partial charge on any atom is 0.331 e. The van der Waals surface area contributed by atoms with Gasteiger partial charge in [0.25, 0.3) is 5.56 Å². The Bertz CT molecular complexity index is 831. The molecule has 1 heterocycles. The molecule has 6 heteroatoms. The van der Waals surface area contributed by atoms with Crippen LogP contribution in [0.15, 0.2) is 40.1 Å². The summed E-state index contributed by atoms with van der Waals surface area (Å²) in [5.74, 6) is -0.311. The van der Waals surface area contributed by atoms with E-state index in [1.807, 2.05) is 6.07 Å². The normalized spacial score (nSPS) is 10.4. The van der Waals surface area contributed by atoms with Crippen LogP contribution in [0.4, 0.5) is 4.39 Å². The van der Waals surface area contributed by atoms with Gasteiger partial charge < -0.3 is 0 Å². The third kappa shape index (κ3) is 3.31. The standard InChI is InChI=1S/C16H16FN3O2/c1-2-19-11-13(10-18)15(21)20(16(19)22)8-4-6-12-5-3-7-14(17)9-12/h3,5,7,9,11H,2,4,6,8H2,1H3. The van der Waals surface area contributed by atoms with Crippen molar-refractivity contribution in [3.05, 3.63) is 68.2 Å². The lowest BCUT2D eigenvalue weighted by Crippen LogP contribution is -2.40. The highest BCUT2D eigenvalue weighted by Gasteiger charge is 2.10. The average molecular weight is 301 g/mol. The van der Waals surface area contributed by atoms with Crippen LogP contribution in [0.3, 0.4) is 0 Å². The Hall–Kier alpha value is -2.68. The number of rotatable bonds is 5. The zero-order valence-electron chi connectivity index (χ0n) is 12.3. The van der Waals surface area contributed by atoms with Gasteiger partial charge in [-0.25, -0.2) is 9.18 Å². The zero-order chi connectivity index (χ0) is 16.1. The molecule has 0 bridgehead atoms. The van der Waals surface area contributed by atoms with Crippen LogP contribution in [0.1, 0.15) is 24.5 Å². The van der Waals surface area contributed by atoms with Gasteiger partial charge in [-0.2, -0.15) is 5.26 Å². The van der Waals surface area contributed by atoms with E-state index in [-0.39, 0.29) is 17.9 Å². The van der Waals surface area contributed by atoms with Crippen molar-refractivity contribution >= 4 is 0 Å². The zero-order valence-corrected chi connectivity index (χ0v) is 12.3. The molecule has 0 aliphatic heterocycles. The molecule has 0 atom stereocenters. The molecule has 2 aromatic rings. The number of hydrogen-bond donors (Lipinski definition) is 0. The second-order valence-corrected chi connectivity index (χ2v) is 4.91. The van der Waals surface area contributed by atoms with Crippen molar-refractivity contribution in [1.29, 1.82) is 5.26 Å². The van der Waals surface area contributed by atoms with Gasteiger partial charge in [0.1, 0.15) is 17.4 Å². The van der Waals surface area contributed by atoms with Crippen LogP contribution in [-0.4, -0.2) is 9.13 Å². The molecule has 22 heavy (non-hydrogen) atoms. The molecule has 0 saturated carbocycles. The fraction of sp³-hybridized carbons (Fsp3) is 0.312. The van der Waals surface area contributed by atoms with Crippen molar-refractivity contribution in [3.63, 3.8) is 0 Å². The topological polar surface area (TPSA) is 67.8 Å². The van der Waals surface area contributed by atoms with E-state index in [0.717, 1.165) is 10.1 Å². The summed E-state index contributed by atoms with van der Waals surface area (Å²) in [5.41, 5.74) is -0.241. The minimum Gasteiger partial charge on any atom is -0.299 e. The molecule has 0 saturated heterocycles. The van der Waals surface area contributed by atoms with Crippen molar-refractivity contribution in [1.82, 2.24) is 9.13 Å². The number of nitriles is 1. The predicted octanol–water partition coefficient (Wildman–Crippen LogP) is 1.67. The third-order valence-electron chi connectivity index (χ3n) is 3.43. The van der Waals surface area contributed by atoms with E-state index >= 15 is 0 Å². The Morgan fingerprint density at radius 1 is 1.32 bits per heavy atom. The van der Waals surface area contributed by atoms with Crippen LogP contribution in [0.25, 0.3) is 0 Å². The summed E-state index contributed by atoms with van der Waals surface area (Å²) in [4.78, 5) is 24.2. The fourth-order valence-electron chi connectivity index (χ4n) is 2.29. The van der Waals surface area contributed by atoms with Crippen molar-refractivity contribution < 1.29 is 4.39 Å². The fourth-order valence-corrected chi connectivity index (χ4v) is 2.29. The molecular weight excluding hydrogens is 285 g/mol. The summed E-state index contributed by atoms with van der Waals surface area (Å²) >= 11 is 0. The lowest BCUT2D eigenvalue weighted by molar-refractivity contribution is 0.541. The summed E-state index contributed by atoms with van der Waals surface area (Å²) in [6.07, 6.45) is 2.34. The van der Waals surface area contributed by atoms with Gasteiger partial charge in [0.15, 0.2) is 0 Å². The molecule has 0 aliphatic carbocycles. The van der Waals surface area contributed by atoms with Crippen molar-refractivity contribution in [2.45, 2.75) is 32.9 Å². The highest BCUT2D eigenvalue weighted by molar-refractivity contribution is 5.22. The van der Waals surface area contributed by atoms with Gasteiger partial charge >= 0.3 is 5.69 Å². The quantitative estimate of drug-likeness (QED) is 0.843. The number of hydrogen-bond acceptors (Lipinski definition) is 3. The van der Waals surface area contributed by atoms with Crippen LogP contribution < -0.4 is 11.2 Å². The van der Waals surface area contributed by atoms with E-state index in [4.69, 9.17) is 5.26 Å². The molecule has 0 N–H and O–H groups in total. The van der Waals surface area contributed by atoms with Crippen LogP contribution in [0.2, 0.25) is 0 Å². The van der Waals surface area contributed by atoms with Gasteiger partial charge in [0.2, 0.25) is 0 Å². The lowest BCUT2D eigenvalue weighted by Gasteiger charge is -2.09. The molecule has 0 unspecified atom stereocenters. The van der Waals surface area contributed by atoms with Gasteiger partial charge in [-0.1, -0.05) is 12.1 Å². The maximum absolute atomic E-state index is 13.1. The number of halogens is 1. The molecule has 114 valence electrons. The molecule has 5 nitrogen and oxygen atoms in total. The predicted molar refractivity (Wildman–Crippen MR) is 80.1 cm³/mol. The summed E-state index contributed by atoms with van der Waals surface area (Å²) in [6.45, 7) is 2.35. The molecule has 0 amide bonds. The highest BCUT2D eigenvalue weighted by atomic mass is 19.1. The van der Waals surface area contributed by atoms with Crippen molar-refractivity contribution in [2.24, 2.45) is 0 Å². The van der Waals surface area contributed by atoms with E-state index in [1.165, 1.54) is 22.9 Å². The Labute approximate surface area is 126 Å². The Balaban J connectivity index is 2.21. The first-order valence-corrected chi connectivity index (χ1v) is 7.05. The van der Waals surface area contributed by atoms with E-state index < -0.39 is 11.2 Å². The van der Waals surface area contributed by atoms with Gasteiger partial charge in [-0.15, -0.1) is 0 Å². The summed E-state index contributed by atoms with van der Waals surface area (Å²) < 4.78 is 15.5. The van der Waals surface area contributed by atoms with Crippen LogP contribution in [-0.2, 0) is 19.5 Å². The van der Waals surface area contributed by atoms with Crippen LogP contribution >= 0.6 is 0 Å². The molecule has 0 aliphatic rings. The van der Waals surface area contributed by atoms with Gasteiger partial charge in [0, 0.05) is 19.3 Å². The largest absolute Gasteiger partial charge is 0.331 e. The Kier molecular flexibility index (Phi) is 4.89. The first-order chi connectivity index (χ1) is 10.6. The SMILES string of the molecule is CCn1cc(C#N)c(=O)n(CCCc2cccc(F)c2)c1=O. The number of benzene rings is 1. The van der Waals surface area contributed by atoms with Crippen molar-refractivity contribution in [2.75, 3.05) is 0 Å². The number of aryl methyl sites for hydroxylation is 2. The monoisotopic (exact) mass is 301 g/mol. The minimum atomic E-state index is -0.573. The van der Waals surface area contributed by atoms with E-state index in [1.54, 1.807) is 19.1 Å². The first-order valence-electron chi connectivity index (χ1n) is 7.05. The Morgan fingerprint density at radius 2 is 2.09 bits per heavy atom. The molecule has 0 fully saturated rings. The summed E-state index contributed by atoms with van der Waals surface area (Å²) in [5, 5.41) is 8.97. The summed E-state index contributed by atoms with van der Waals surface area (Å²) in [6, 6.07) is 8.02. The molecule has 0 spiro atoms.